The highest BCUT2D eigenvalue weighted by atomic mass is 32.2. The van der Waals surface area contributed by atoms with Gasteiger partial charge in [0.25, 0.3) is 0 Å². The molecule has 130 valence electrons. The summed E-state index contributed by atoms with van der Waals surface area (Å²) in [5, 5.41) is 11.6. The Balaban J connectivity index is 2.52. The lowest BCUT2D eigenvalue weighted by atomic mass is 10.2. The Labute approximate surface area is 140 Å². The fourth-order valence-electron chi connectivity index (χ4n) is 1.81. The van der Waals surface area contributed by atoms with Crippen molar-refractivity contribution in [1.29, 1.82) is 0 Å². The Hall–Kier alpha value is -1.70. The maximum Gasteiger partial charge on any atom is 0.408 e. The van der Waals surface area contributed by atoms with Gasteiger partial charge in [-0.05, 0) is 34.6 Å². The van der Waals surface area contributed by atoms with E-state index >= 15 is 0 Å². The monoisotopic (exact) mass is 343 g/mol. The van der Waals surface area contributed by atoms with Gasteiger partial charge < -0.3 is 19.7 Å². The van der Waals surface area contributed by atoms with Crippen LogP contribution in [0.1, 0.15) is 46.4 Å². The number of aromatic nitrogens is 2. The zero-order valence-electron chi connectivity index (χ0n) is 14.2. The summed E-state index contributed by atoms with van der Waals surface area (Å²) in [5.74, 6) is -0.212. The van der Waals surface area contributed by atoms with E-state index in [-0.39, 0.29) is 5.75 Å². The van der Waals surface area contributed by atoms with Crippen molar-refractivity contribution in [2.75, 3.05) is 5.75 Å². The minimum atomic E-state index is -1.08. The number of carboxylic acids is 1. The minimum Gasteiger partial charge on any atom is -0.480 e. The van der Waals surface area contributed by atoms with Crippen molar-refractivity contribution in [2.24, 2.45) is 0 Å². The van der Waals surface area contributed by atoms with Gasteiger partial charge in [-0.1, -0.05) is 0 Å². The van der Waals surface area contributed by atoms with Gasteiger partial charge in [-0.2, -0.15) is 11.8 Å². The quantitative estimate of drug-likeness (QED) is 0.790. The van der Waals surface area contributed by atoms with Crippen molar-refractivity contribution in [3.63, 3.8) is 0 Å². The highest BCUT2D eigenvalue weighted by Gasteiger charge is 2.24. The molecular formula is C15H25N3O4S. The molecule has 0 saturated carbocycles. The Bertz CT molecular complexity index is 537. The molecule has 0 aliphatic rings. The molecule has 1 atom stereocenters. The maximum atomic E-state index is 11.7. The van der Waals surface area contributed by atoms with Crippen LogP contribution in [0.2, 0.25) is 0 Å². The van der Waals surface area contributed by atoms with Gasteiger partial charge in [0.05, 0.1) is 6.33 Å². The second-order valence-corrected chi connectivity index (χ2v) is 7.47. The number of carboxylic acid groups (broad SMARTS) is 1. The van der Waals surface area contributed by atoms with Crippen molar-refractivity contribution in [3.8, 4) is 0 Å². The van der Waals surface area contributed by atoms with Crippen molar-refractivity contribution >= 4 is 23.8 Å². The fraction of sp³-hybridized carbons (Fsp3) is 0.667. The standard InChI is InChI=1S/C15H25N3O4S/c1-10(2)18-9-16-6-11(18)7-23-8-12(13(19)20)17-14(21)22-15(3,4)5/h6,9-10,12H,7-8H2,1-5H3,(H,17,21)(H,19,20). The Morgan fingerprint density at radius 1 is 1.43 bits per heavy atom. The van der Waals surface area contributed by atoms with Crippen molar-refractivity contribution in [2.45, 2.75) is 58.1 Å². The number of hydrogen-bond donors (Lipinski definition) is 2. The van der Waals surface area contributed by atoms with Gasteiger partial charge in [-0.25, -0.2) is 14.6 Å². The van der Waals surface area contributed by atoms with Crippen LogP contribution < -0.4 is 5.32 Å². The van der Waals surface area contributed by atoms with Crippen LogP contribution in [0, 0.1) is 0 Å². The van der Waals surface area contributed by atoms with Crippen LogP contribution in [0.4, 0.5) is 4.79 Å². The molecule has 0 spiro atoms. The molecular weight excluding hydrogens is 318 g/mol. The second-order valence-electron chi connectivity index (χ2n) is 6.44. The summed E-state index contributed by atoms with van der Waals surface area (Å²) in [5.41, 5.74) is 0.357. The average Bonchev–Trinajstić information content (AvgIpc) is 2.83. The smallest absolute Gasteiger partial charge is 0.408 e. The number of alkyl carbamates (subject to hydrolysis) is 1. The first-order valence-corrected chi connectivity index (χ1v) is 8.56. The van der Waals surface area contributed by atoms with Crippen molar-refractivity contribution in [1.82, 2.24) is 14.9 Å². The van der Waals surface area contributed by atoms with Crippen molar-refractivity contribution < 1.29 is 19.4 Å². The Kier molecular flexibility index (Phi) is 6.93. The first kappa shape index (κ1) is 19.3. The topological polar surface area (TPSA) is 93.5 Å². The molecule has 0 bridgehead atoms. The number of imidazole rings is 1. The van der Waals surface area contributed by atoms with Crippen LogP contribution in [-0.4, -0.2) is 44.1 Å². The normalized spacial score (nSPS) is 13.0. The summed E-state index contributed by atoms with van der Waals surface area (Å²) < 4.78 is 7.12. The van der Waals surface area contributed by atoms with E-state index in [4.69, 9.17) is 4.74 Å². The number of hydrogen-bond acceptors (Lipinski definition) is 5. The third kappa shape index (κ3) is 6.94. The number of ether oxygens (including phenoxy) is 1. The van der Waals surface area contributed by atoms with Gasteiger partial charge in [0.2, 0.25) is 0 Å². The van der Waals surface area contributed by atoms with E-state index in [2.05, 4.69) is 24.1 Å². The lowest BCUT2D eigenvalue weighted by molar-refractivity contribution is -0.138. The zero-order chi connectivity index (χ0) is 17.6. The molecule has 0 saturated heterocycles. The number of nitrogens with one attached hydrogen (secondary N) is 1. The van der Waals surface area contributed by atoms with Crippen LogP contribution in [0.25, 0.3) is 0 Å². The predicted octanol–water partition coefficient (Wildman–Crippen LogP) is 2.68. The van der Waals surface area contributed by atoms with E-state index in [0.29, 0.717) is 11.8 Å². The molecule has 0 fully saturated rings. The average molecular weight is 343 g/mol. The molecule has 0 aliphatic carbocycles. The van der Waals surface area contributed by atoms with E-state index in [1.165, 1.54) is 11.8 Å². The highest BCUT2D eigenvalue weighted by molar-refractivity contribution is 7.98. The van der Waals surface area contributed by atoms with Crippen LogP contribution in [0.5, 0.6) is 0 Å². The van der Waals surface area contributed by atoms with Crippen LogP contribution >= 0.6 is 11.8 Å². The molecule has 7 nitrogen and oxygen atoms in total. The van der Waals surface area contributed by atoms with E-state index < -0.39 is 23.7 Å². The van der Waals surface area contributed by atoms with Crippen LogP contribution in [0.15, 0.2) is 12.5 Å². The van der Waals surface area contributed by atoms with Crippen molar-refractivity contribution in [3.05, 3.63) is 18.2 Å². The summed E-state index contributed by atoms with van der Waals surface area (Å²) in [7, 11) is 0. The fourth-order valence-corrected chi connectivity index (χ4v) is 2.83. The van der Waals surface area contributed by atoms with Crippen LogP contribution in [-0.2, 0) is 15.3 Å². The van der Waals surface area contributed by atoms with E-state index in [9.17, 15) is 14.7 Å². The Morgan fingerprint density at radius 3 is 2.61 bits per heavy atom. The number of carbonyl (C=O) groups is 2. The third-order valence-electron chi connectivity index (χ3n) is 2.83. The third-order valence-corrected chi connectivity index (χ3v) is 3.90. The molecule has 1 aromatic rings. The largest absolute Gasteiger partial charge is 0.480 e. The molecule has 8 heteroatoms. The minimum absolute atomic E-state index is 0.248. The molecule has 23 heavy (non-hydrogen) atoms. The van der Waals surface area contributed by atoms with E-state index in [0.717, 1.165) is 5.69 Å². The predicted molar refractivity (Wildman–Crippen MR) is 89.6 cm³/mol. The number of amides is 1. The van der Waals surface area contributed by atoms with E-state index in [1.54, 1.807) is 33.3 Å². The van der Waals surface area contributed by atoms with Gasteiger partial charge >= 0.3 is 12.1 Å². The van der Waals surface area contributed by atoms with Gasteiger partial charge in [-0.15, -0.1) is 0 Å². The molecule has 1 amide bonds. The number of carbonyl (C=O) groups excluding carboxylic acids is 1. The number of aliphatic carboxylic acids is 1. The summed E-state index contributed by atoms with van der Waals surface area (Å²) in [6.07, 6.45) is 2.80. The lowest BCUT2D eigenvalue weighted by Crippen LogP contribution is -2.44. The van der Waals surface area contributed by atoms with Gasteiger partial charge in [-0.3, -0.25) is 0 Å². The second kappa shape index (κ2) is 8.24. The van der Waals surface area contributed by atoms with E-state index in [1.807, 2.05) is 4.57 Å². The molecule has 1 unspecified atom stereocenters. The number of nitrogens with zero attached hydrogens (tertiary/aromatic N) is 2. The molecule has 0 radical (unpaired) electrons. The molecule has 0 aromatic carbocycles. The molecule has 2 N–H and O–H groups in total. The summed E-state index contributed by atoms with van der Waals surface area (Å²) in [4.78, 5) is 27.1. The molecule has 1 heterocycles. The first-order chi connectivity index (χ1) is 10.6. The maximum absolute atomic E-state index is 11.7. The van der Waals surface area contributed by atoms with Crippen LogP contribution in [0.3, 0.4) is 0 Å². The molecule has 1 aromatic heterocycles. The van der Waals surface area contributed by atoms with Gasteiger partial charge in [0, 0.05) is 29.4 Å². The van der Waals surface area contributed by atoms with Gasteiger partial charge in [0.15, 0.2) is 0 Å². The summed E-state index contributed by atoms with van der Waals surface area (Å²) >= 11 is 1.43. The first-order valence-electron chi connectivity index (χ1n) is 7.41. The summed E-state index contributed by atoms with van der Waals surface area (Å²) in [6.45, 7) is 9.29. The van der Waals surface area contributed by atoms with Gasteiger partial charge in [0.1, 0.15) is 11.6 Å². The zero-order valence-corrected chi connectivity index (χ0v) is 15.0. The lowest BCUT2D eigenvalue weighted by Gasteiger charge is -2.22. The molecule has 1 rings (SSSR count). The summed E-state index contributed by atoms with van der Waals surface area (Å²) in [6, 6.07) is -0.700. The number of rotatable bonds is 7. The molecule has 0 aliphatic heterocycles. The SMILES string of the molecule is CC(C)n1cncc1CSCC(NC(=O)OC(C)(C)C)C(=O)O. The number of thioether (sulfide) groups is 1. The highest BCUT2D eigenvalue weighted by Crippen LogP contribution is 2.17. The Morgan fingerprint density at radius 2 is 2.09 bits per heavy atom.